The van der Waals surface area contributed by atoms with E-state index in [-0.39, 0.29) is 16.5 Å². The summed E-state index contributed by atoms with van der Waals surface area (Å²) in [4.78, 5) is -0.617. The van der Waals surface area contributed by atoms with Gasteiger partial charge in [-0.15, -0.1) is 10.2 Å². The largest absolute Gasteiger partial charge is 0.505 e. The summed E-state index contributed by atoms with van der Waals surface area (Å²) in [6, 6.07) is 24.6. The minimum atomic E-state index is -4.80. The molecule has 0 aromatic heterocycles. The molecule has 0 heterocycles. The van der Waals surface area contributed by atoms with Crippen LogP contribution >= 0.6 is 0 Å². The Hall–Kier alpha value is -5.33. The third-order valence-electron chi connectivity index (χ3n) is 6.79. The normalized spacial score (nSPS) is 12.0. The summed E-state index contributed by atoms with van der Waals surface area (Å²) >= 11 is 0. The fraction of sp³-hybridized carbons (Fsp3) is 0.0968. The second-order valence-electron chi connectivity index (χ2n) is 9.96. The topological polar surface area (TPSA) is 186 Å². The van der Waals surface area contributed by atoms with Gasteiger partial charge in [0, 0.05) is 0 Å². The molecule has 0 saturated heterocycles. The second kappa shape index (κ2) is 11.9. The standard InChI is InChI=1S/C31H27N7O4S/c1-18-3-9-24(10-4-18)35-37-29-19(2)15-22-17-26(43(40,41)42)30(31(39)27(22)28(29)32)38-36-25-13-7-21(8-14-25)16-20-5-11-23(34-33)12-6-20/h3-15,17,33,39H,16,32H2,1-2H3,(H,40,41,42). The molecule has 0 amide bonds. The number of nitrogens with two attached hydrogens (primary N) is 1. The molecule has 11 nitrogen and oxygen atoms in total. The van der Waals surface area contributed by atoms with Crippen molar-refractivity contribution in [3.8, 4) is 5.75 Å². The second-order valence-corrected chi connectivity index (χ2v) is 11.3. The van der Waals surface area contributed by atoms with Crippen LogP contribution in [-0.4, -0.2) is 18.1 Å². The highest BCUT2D eigenvalue weighted by atomic mass is 32.2. The van der Waals surface area contributed by atoms with Gasteiger partial charge in [0.15, 0.2) is 5.75 Å². The number of hydrogen-bond donors (Lipinski definition) is 4. The summed E-state index contributed by atoms with van der Waals surface area (Å²) in [6.07, 6.45) is 0.635. The molecule has 5 rings (SSSR count). The Bertz CT molecular complexity index is 2010. The molecule has 5 aromatic rings. The van der Waals surface area contributed by atoms with E-state index in [0.29, 0.717) is 34.7 Å². The lowest BCUT2D eigenvalue weighted by molar-refractivity contribution is 0.472. The van der Waals surface area contributed by atoms with Crippen molar-refractivity contribution in [2.24, 2.45) is 25.6 Å². The zero-order valence-electron chi connectivity index (χ0n) is 23.2. The Morgan fingerprint density at radius 1 is 0.744 bits per heavy atom. The van der Waals surface area contributed by atoms with E-state index in [9.17, 15) is 18.1 Å². The Morgan fingerprint density at radius 3 is 1.79 bits per heavy atom. The molecular weight excluding hydrogens is 566 g/mol. The maximum atomic E-state index is 12.3. The van der Waals surface area contributed by atoms with Crippen molar-refractivity contribution in [2.45, 2.75) is 25.2 Å². The Morgan fingerprint density at radius 2 is 1.26 bits per heavy atom. The zero-order valence-corrected chi connectivity index (χ0v) is 24.0. The van der Waals surface area contributed by atoms with Crippen LogP contribution < -0.4 is 5.73 Å². The Labute approximate surface area is 247 Å². The molecule has 216 valence electrons. The van der Waals surface area contributed by atoms with Gasteiger partial charge in [-0.25, -0.2) is 5.53 Å². The number of nitrogens with one attached hydrogen (secondary N) is 1. The number of phenols is 1. The number of nitrogens with zero attached hydrogens (tertiary/aromatic N) is 5. The fourth-order valence-corrected chi connectivity index (χ4v) is 5.20. The van der Waals surface area contributed by atoms with Crippen LogP contribution in [0.15, 0.2) is 115 Å². The first-order valence-corrected chi connectivity index (χ1v) is 14.5. The number of benzene rings is 5. The molecule has 0 spiro atoms. The number of aryl methyl sites for hydroxylation is 2. The van der Waals surface area contributed by atoms with Crippen molar-refractivity contribution in [1.29, 1.82) is 5.53 Å². The van der Waals surface area contributed by atoms with Crippen LogP contribution in [0.2, 0.25) is 0 Å². The van der Waals surface area contributed by atoms with Gasteiger partial charge in [-0.05, 0) is 90.9 Å². The van der Waals surface area contributed by atoms with E-state index in [2.05, 4.69) is 25.6 Å². The van der Waals surface area contributed by atoms with E-state index < -0.39 is 26.5 Å². The van der Waals surface area contributed by atoms with Gasteiger partial charge in [0.25, 0.3) is 10.1 Å². The minimum absolute atomic E-state index is 0.0653. The van der Waals surface area contributed by atoms with E-state index >= 15 is 0 Å². The molecule has 0 radical (unpaired) electrons. The van der Waals surface area contributed by atoms with E-state index in [1.54, 1.807) is 49.4 Å². The van der Waals surface area contributed by atoms with Crippen molar-refractivity contribution < 1.29 is 18.1 Å². The van der Waals surface area contributed by atoms with Gasteiger partial charge in [0.2, 0.25) is 0 Å². The van der Waals surface area contributed by atoms with Crippen LogP contribution in [0.3, 0.4) is 0 Å². The number of azo groups is 2. The quantitative estimate of drug-likeness (QED) is 0.0792. The first kappa shape index (κ1) is 29.2. The van der Waals surface area contributed by atoms with Gasteiger partial charge >= 0.3 is 0 Å². The number of anilines is 1. The molecule has 0 aliphatic heterocycles. The third kappa shape index (κ3) is 6.45. The van der Waals surface area contributed by atoms with Gasteiger partial charge in [-0.2, -0.15) is 23.8 Å². The molecule has 43 heavy (non-hydrogen) atoms. The fourth-order valence-electron chi connectivity index (χ4n) is 4.54. The minimum Gasteiger partial charge on any atom is -0.505 e. The van der Waals surface area contributed by atoms with Crippen molar-refractivity contribution in [2.75, 3.05) is 5.73 Å². The summed E-state index contributed by atoms with van der Waals surface area (Å²) in [5.74, 6) is -0.572. The van der Waals surface area contributed by atoms with Crippen LogP contribution in [0.25, 0.3) is 10.8 Å². The summed E-state index contributed by atoms with van der Waals surface area (Å²) in [5.41, 5.74) is 18.6. The highest BCUT2D eigenvalue weighted by Crippen LogP contribution is 2.47. The number of fused-ring (bicyclic) bond motifs is 1. The predicted molar refractivity (Wildman–Crippen MR) is 165 cm³/mol. The van der Waals surface area contributed by atoms with Gasteiger partial charge in [0.1, 0.15) is 16.3 Å². The van der Waals surface area contributed by atoms with Gasteiger partial charge < -0.3 is 10.8 Å². The van der Waals surface area contributed by atoms with Crippen LogP contribution in [-0.2, 0) is 16.5 Å². The van der Waals surface area contributed by atoms with Gasteiger partial charge in [-0.1, -0.05) is 42.0 Å². The predicted octanol–water partition coefficient (Wildman–Crippen LogP) is 9.08. The number of aromatic hydroxyl groups is 1. The molecule has 0 unspecified atom stereocenters. The van der Waals surface area contributed by atoms with Gasteiger partial charge in [0.05, 0.1) is 28.1 Å². The Kier molecular flexibility index (Phi) is 8.06. The SMILES string of the molecule is Cc1ccc(N=Nc2c(C)cc3cc(S(=O)(=O)O)c(N=Nc4ccc(Cc5ccc(N=N)cc5)cc4)c(O)c3c2N)cc1. The maximum absolute atomic E-state index is 12.3. The molecule has 5 N–H and O–H groups in total. The summed E-state index contributed by atoms with van der Waals surface area (Å²) < 4.78 is 34.6. The van der Waals surface area contributed by atoms with Crippen LogP contribution in [0.5, 0.6) is 5.75 Å². The summed E-state index contributed by atoms with van der Waals surface area (Å²) in [7, 11) is -4.80. The third-order valence-corrected chi connectivity index (χ3v) is 7.66. The van der Waals surface area contributed by atoms with Crippen molar-refractivity contribution in [3.63, 3.8) is 0 Å². The molecule has 0 aliphatic carbocycles. The highest BCUT2D eigenvalue weighted by molar-refractivity contribution is 7.86. The summed E-state index contributed by atoms with van der Waals surface area (Å²) in [5, 5.41) is 31.7. The number of hydrogen-bond acceptors (Lipinski definition) is 10. The van der Waals surface area contributed by atoms with Gasteiger partial charge in [-0.3, -0.25) is 4.55 Å². The molecule has 0 bridgehead atoms. The van der Waals surface area contributed by atoms with E-state index in [1.807, 2.05) is 43.3 Å². The Balaban J connectivity index is 1.51. The lowest BCUT2D eigenvalue weighted by atomic mass is 10.0. The molecule has 0 aliphatic rings. The average Bonchev–Trinajstić information content (AvgIpc) is 2.98. The van der Waals surface area contributed by atoms with E-state index in [0.717, 1.165) is 16.7 Å². The lowest BCUT2D eigenvalue weighted by Crippen LogP contribution is -2.00. The van der Waals surface area contributed by atoms with Crippen LogP contribution in [0, 0.1) is 19.4 Å². The molecule has 0 saturated carbocycles. The van der Waals surface area contributed by atoms with Crippen molar-refractivity contribution >= 4 is 55.0 Å². The average molecular weight is 594 g/mol. The lowest BCUT2D eigenvalue weighted by Gasteiger charge is -2.13. The maximum Gasteiger partial charge on any atom is 0.296 e. The molecule has 12 heteroatoms. The van der Waals surface area contributed by atoms with Crippen molar-refractivity contribution in [1.82, 2.24) is 0 Å². The first-order valence-electron chi connectivity index (χ1n) is 13.0. The van der Waals surface area contributed by atoms with Crippen molar-refractivity contribution in [3.05, 3.63) is 107 Å². The number of phenolic OH excluding ortho intramolecular Hbond substituents is 1. The molecule has 5 aromatic carbocycles. The van der Waals surface area contributed by atoms with Crippen LogP contribution in [0.4, 0.5) is 34.1 Å². The molecule has 0 fully saturated rings. The smallest absolute Gasteiger partial charge is 0.296 e. The van der Waals surface area contributed by atoms with E-state index in [4.69, 9.17) is 11.3 Å². The number of rotatable bonds is 8. The van der Waals surface area contributed by atoms with Crippen LogP contribution in [0.1, 0.15) is 22.3 Å². The molecular formula is C31H27N7O4S. The highest BCUT2D eigenvalue weighted by Gasteiger charge is 2.24. The zero-order chi connectivity index (χ0) is 30.7. The first-order chi connectivity index (χ1) is 20.5. The summed E-state index contributed by atoms with van der Waals surface area (Å²) in [6.45, 7) is 3.68. The molecule has 0 atom stereocenters. The number of nitrogen functional groups attached to an aromatic ring is 1. The van der Waals surface area contributed by atoms with E-state index in [1.165, 1.54) is 6.07 Å². The monoisotopic (exact) mass is 593 g/mol.